The zero-order valence-electron chi connectivity index (χ0n) is 13.8. The van der Waals surface area contributed by atoms with Crippen molar-refractivity contribution in [2.24, 2.45) is 0 Å². The highest BCUT2D eigenvalue weighted by Crippen LogP contribution is 2.25. The van der Waals surface area contributed by atoms with Crippen molar-refractivity contribution >= 4 is 22.7 Å². The molecular formula is C19H16O6. The molecule has 1 heterocycles. The van der Waals surface area contributed by atoms with Gasteiger partial charge in [0.1, 0.15) is 17.1 Å². The van der Waals surface area contributed by atoms with Crippen molar-refractivity contribution in [1.82, 2.24) is 0 Å². The highest BCUT2D eigenvalue weighted by molar-refractivity contribution is 6.01. The Kier molecular flexibility index (Phi) is 4.70. The molecule has 0 radical (unpaired) electrons. The van der Waals surface area contributed by atoms with Crippen molar-refractivity contribution in [1.29, 1.82) is 0 Å². The lowest BCUT2D eigenvalue weighted by Crippen LogP contribution is -2.14. The second kappa shape index (κ2) is 7.09. The minimum absolute atomic E-state index is 0.0516. The average molecular weight is 340 g/mol. The smallest absolute Gasteiger partial charge is 0.374 e. The Morgan fingerprint density at radius 2 is 1.80 bits per heavy atom. The first-order valence-electron chi connectivity index (χ1n) is 7.53. The number of carbonyl (C=O) groups excluding carboxylic acids is 2. The molecule has 3 rings (SSSR count). The number of methoxy groups -OCH3 is 2. The van der Waals surface area contributed by atoms with Gasteiger partial charge < -0.3 is 18.6 Å². The number of fused-ring (bicyclic) bond motifs is 1. The van der Waals surface area contributed by atoms with Crippen LogP contribution in [0.4, 0.5) is 0 Å². The number of para-hydroxylation sites is 1. The van der Waals surface area contributed by atoms with Gasteiger partial charge in [0.2, 0.25) is 11.5 Å². The van der Waals surface area contributed by atoms with Crippen LogP contribution in [0, 0.1) is 0 Å². The van der Waals surface area contributed by atoms with Crippen LogP contribution in [0.3, 0.4) is 0 Å². The molecule has 0 amide bonds. The van der Waals surface area contributed by atoms with Gasteiger partial charge in [-0.15, -0.1) is 0 Å². The minimum Gasteiger partial charge on any atom is -0.497 e. The molecule has 0 saturated heterocycles. The lowest BCUT2D eigenvalue weighted by molar-refractivity contribution is 0.0445. The molecule has 1 aromatic heterocycles. The summed E-state index contributed by atoms with van der Waals surface area (Å²) in [4.78, 5) is 24.4. The Morgan fingerprint density at radius 3 is 2.52 bits per heavy atom. The Bertz CT molecular complexity index is 892. The fourth-order valence-electron chi connectivity index (χ4n) is 2.39. The summed E-state index contributed by atoms with van der Waals surface area (Å²) in [5, 5.41) is 0.789. The van der Waals surface area contributed by atoms with E-state index in [1.165, 1.54) is 14.2 Å². The van der Waals surface area contributed by atoms with Gasteiger partial charge in [-0.05, 0) is 24.3 Å². The number of carbonyl (C=O) groups is 2. The van der Waals surface area contributed by atoms with Gasteiger partial charge in [-0.25, -0.2) is 4.79 Å². The molecular weight excluding hydrogens is 324 g/mol. The summed E-state index contributed by atoms with van der Waals surface area (Å²) in [6.07, 6.45) is 0. The number of hydrogen-bond acceptors (Lipinski definition) is 6. The molecule has 0 unspecified atom stereocenters. The van der Waals surface area contributed by atoms with E-state index in [2.05, 4.69) is 0 Å². The van der Waals surface area contributed by atoms with E-state index in [4.69, 9.17) is 18.6 Å². The van der Waals surface area contributed by atoms with Crippen molar-refractivity contribution < 1.29 is 28.2 Å². The summed E-state index contributed by atoms with van der Waals surface area (Å²) in [5.41, 5.74) is 0.887. The number of Topliss-reactive ketones (excluding diaryl/α,β-unsaturated/α-hetero) is 1. The van der Waals surface area contributed by atoms with Gasteiger partial charge in [0.15, 0.2) is 6.61 Å². The number of esters is 1. The average Bonchev–Trinajstić information content (AvgIpc) is 3.09. The van der Waals surface area contributed by atoms with Crippen LogP contribution >= 0.6 is 0 Å². The Morgan fingerprint density at radius 1 is 1.00 bits per heavy atom. The lowest BCUT2D eigenvalue weighted by atomic mass is 10.1. The number of rotatable bonds is 6. The highest BCUT2D eigenvalue weighted by Gasteiger charge is 2.18. The molecule has 2 aromatic carbocycles. The predicted octanol–water partition coefficient (Wildman–Crippen LogP) is 3.49. The van der Waals surface area contributed by atoms with E-state index in [0.717, 1.165) is 5.39 Å². The number of ketones is 1. The van der Waals surface area contributed by atoms with Crippen LogP contribution in [0.5, 0.6) is 11.5 Å². The zero-order chi connectivity index (χ0) is 17.8. The maximum atomic E-state index is 12.3. The molecule has 0 saturated carbocycles. The molecule has 3 aromatic rings. The van der Waals surface area contributed by atoms with E-state index in [1.807, 2.05) is 12.1 Å². The van der Waals surface area contributed by atoms with E-state index in [9.17, 15) is 9.59 Å². The van der Waals surface area contributed by atoms with Gasteiger partial charge in [-0.1, -0.05) is 18.2 Å². The summed E-state index contributed by atoms with van der Waals surface area (Å²) in [6.45, 7) is -0.418. The molecule has 0 aliphatic rings. The number of hydrogen-bond donors (Lipinski definition) is 0. The third kappa shape index (κ3) is 3.47. The Hall–Kier alpha value is -3.28. The molecule has 0 bridgehead atoms. The molecule has 0 spiro atoms. The highest BCUT2D eigenvalue weighted by atomic mass is 16.5. The van der Waals surface area contributed by atoms with Gasteiger partial charge in [-0.2, -0.15) is 0 Å². The molecule has 0 atom stereocenters. The van der Waals surface area contributed by atoms with E-state index >= 15 is 0 Å². The van der Waals surface area contributed by atoms with Crippen LogP contribution in [-0.4, -0.2) is 32.6 Å². The fraction of sp³-hybridized carbons (Fsp3) is 0.158. The molecule has 0 N–H and O–H groups in total. The van der Waals surface area contributed by atoms with E-state index in [-0.39, 0.29) is 11.5 Å². The van der Waals surface area contributed by atoms with Crippen LogP contribution < -0.4 is 9.47 Å². The van der Waals surface area contributed by atoms with Gasteiger partial charge in [0, 0.05) is 11.5 Å². The van der Waals surface area contributed by atoms with Gasteiger partial charge in [-0.3, -0.25) is 4.79 Å². The van der Waals surface area contributed by atoms with Crippen LogP contribution in [0.15, 0.2) is 52.9 Å². The first-order valence-corrected chi connectivity index (χ1v) is 7.53. The maximum absolute atomic E-state index is 12.3. The second-order valence-electron chi connectivity index (χ2n) is 5.21. The largest absolute Gasteiger partial charge is 0.497 e. The first-order chi connectivity index (χ1) is 12.1. The molecule has 0 fully saturated rings. The Labute approximate surface area is 143 Å². The minimum atomic E-state index is -0.697. The van der Waals surface area contributed by atoms with Crippen molar-refractivity contribution in [3.05, 3.63) is 59.9 Å². The third-order valence-electron chi connectivity index (χ3n) is 3.67. The maximum Gasteiger partial charge on any atom is 0.374 e. The van der Waals surface area contributed by atoms with Gasteiger partial charge in [0.05, 0.1) is 19.8 Å². The standard InChI is InChI=1S/C19H16O6/c1-22-13-7-8-14(17(10-13)23-2)15(20)11-24-19(21)18-9-12-5-3-4-6-16(12)25-18/h3-10H,11H2,1-2H3. The van der Waals surface area contributed by atoms with Gasteiger partial charge in [0.25, 0.3) is 0 Å². The third-order valence-corrected chi connectivity index (χ3v) is 3.67. The summed E-state index contributed by atoms with van der Waals surface area (Å²) < 4.78 is 20.7. The van der Waals surface area contributed by atoms with Crippen molar-refractivity contribution in [2.45, 2.75) is 0 Å². The molecule has 0 aliphatic heterocycles. The molecule has 128 valence electrons. The summed E-state index contributed by atoms with van der Waals surface area (Å²) in [7, 11) is 2.97. The normalized spacial score (nSPS) is 10.5. The van der Waals surface area contributed by atoms with Crippen molar-refractivity contribution in [3.8, 4) is 11.5 Å². The number of ether oxygens (including phenoxy) is 3. The topological polar surface area (TPSA) is 75.0 Å². The molecule has 0 aliphatic carbocycles. The Balaban J connectivity index is 1.70. The fourth-order valence-corrected chi connectivity index (χ4v) is 2.39. The molecule has 6 nitrogen and oxygen atoms in total. The SMILES string of the molecule is COc1ccc(C(=O)COC(=O)c2cc3ccccc3o2)c(OC)c1. The molecule has 25 heavy (non-hydrogen) atoms. The van der Waals surface area contributed by atoms with Crippen molar-refractivity contribution in [3.63, 3.8) is 0 Å². The number of benzene rings is 2. The van der Waals surface area contributed by atoms with E-state index < -0.39 is 12.6 Å². The monoisotopic (exact) mass is 340 g/mol. The van der Waals surface area contributed by atoms with Crippen LogP contribution in [0.2, 0.25) is 0 Å². The summed E-state index contributed by atoms with van der Waals surface area (Å²) >= 11 is 0. The zero-order valence-corrected chi connectivity index (χ0v) is 13.8. The van der Waals surface area contributed by atoms with E-state index in [0.29, 0.717) is 22.6 Å². The van der Waals surface area contributed by atoms with Crippen LogP contribution in [-0.2, 0) is 4.74 Å². The van der Waals surface area contributed by atoms with Crippen LogP contribution in [0.25, 0.3) is 11.0 Å². The van der Waals surface area contributed by atoms with E-state index in [1.54, 1.807) is 36.4 Å². The predicted molar refractivity (Wildman–Crippen MR) is 90.4 cm³/mol. The summed E-state index contributed by atoms with van der Waals surface area (Å²) in [6, 6.07) is 13.6. The van der Waals surface area contributed by atoms with Gasteiger partial charge >= 0.3 is 5.97 Å². The first kappa shape index (κ1) is 16.6. The molecule has 6 heteroatoms. The van der Waals surface area contributed by atoms with Crippen molar-refractivity contribution in [2.75, 3.05) is 20.8 Å². The quantitative estimate of drug-likeness (QED) is 0.505. The number of furan rings is 1. The summed E-state index contributed by atoms with van der Waals surface area (Å²) in [5.74, 6) is -0.117. The van der Waals surface area contributed by atoms with Crippen LogP contribution in [0.1, 0.15) is 20.9 Å². The lowest BCUT2D eigenvalue weighted by Gasteiger charge is -2.09. The second-order valence-corrected chi connectivity index (χ2v) is 5.21.